The van der Waals surface area contributed by atoms with Crippen LogP contribution in [0.15, 0.2) is 30.3 Å². The van der Waals surface area contributed by atoms with Gasteiger partial charge in [-0.05, 0) is 31.9 Å². The van der Waals surface area contributed by atoms with E-state index < -0.39 is 0 Å². The van der Waals surface area contributed by atoms with E-state index in [0.29, 0.717) is 5.92 Å². The zero-order chi connectivity index (χ0) is 14.5. The van der Waals surface area contributed by atoms with Crippen molar-refractivity contribution in [1.82, 2.24) is 9.80 Å². The number of rotatable bonds is 5. The molecule has 2 N–H and O–H groups in total. The van der Waals surface area contributed by atoms with Gasteiger partial charge < -0.3 is 15.5 Å². The highest BCUT2D eigenvalue weighted by Gasteiger charge is 2.28. The molecule has 4 nitrogen and oxygen atoms in total. The van der Waals surface area contributed by atoms with Crippen molar-refractivity contribution in [2.24, 2.45) is 11.7 Å². The summed E-state index contributed by atoms with van der Waals surface area (Å²) in [6.07, 6.45) is 1.08. The molecule has 20 heavy (non-hydrogen) atoms. The lowest BCUT2D eigenvalue weighted by molar-refractivity contribution is -0.131. The third-order valence-corrected chi connectivity index (χ3v) is 3.85. The third-order valence-electron chi connectivity index (χ3n) is 3.85. The van der Waals surface area contributed by atoms with E-state index in [-0.39, 0.29) is 11.9 Å². The van der Waals surface area contributed by atoms with Crippen LogP contribution < -0.4 is 5.73 Å². The van der Waals surface area contributed by atoms with Crippen LogP contribution in [0.5, 0.6) is 0 Å². The maximum absolute atomic E-state index is 11.9. The molecular formula is C16H25N3O. The summed E-state index contributed by atoms with van der Waals surface area (Å²) in [5.74, 6) is 0.643. The monoisotopic (exact) mass is 275 g/mol. The Morgan fingerprint density at radius 1 is 1.45 bits per heavy atom. The summed E-state index contributed by atoms with van der Waals surface area (Å²) in [7, 11) is 2.14. The van der Waals surface area contributed by atoms with E-state index in [0.717, 1.165) is 32.6 Å². The number of amides is 1. The average Bonchev–Trinajstić information content (AvgIpc) is 2.87. The third kappa shape index (κ3) is 4.05. The minimum absolute atomic E-state index is 0.0817. The molecule has 0 aromatic heterocycles. The summed E-state index contributed by atoms with van der Waals surface area (Å²) in [6.45, 7) is 5.44. The Balaban J connectivity index is 1.79. The lowest BCUT2D eigenvalue weighted by atomic mass is 10.1. The van der Waals surface area contributed by atoms with Crippen LogP contribution in [0.1, 0.15) is 18.9 Å². The quantitative estimate of drug-likeness (QED) is 0.881. The minimum Gasteiger partial charge on any atom is -0.341 e. The second-order valence-corrected chi connectivity index (χ2v) is 5.91. The summed E-state index contributed by atoms with van der Waals surface area (Å²) in [6, 6.07) is 10.1. The van der Waals surface area contributed by atoms with Gasteiger partial charge in [0.1, 0.15) is 0 Å². The second kappa shape index (κ2) is 6.86. The van der Waals surface area contributed by atoms with Crippen LogP contribution in [0, 0.1) is 5.92 Å². The lowest BCUT2D eigenvalue weighted by Crippen LogP contribution is -2.41. The smallest absolute Gasteiger partial charge is 0.239 e. The summed E-state index contributed by atoms with van der Waals surface area (Å²) in [5, 5.41) is 0. The first-order valence-corrected chi connectivity index (χ1v) is 7.33. The molecule has 4 heteroatoms. The molecule has 1 saturated heterocycles. The highest BCUT2D eigenvalue weighted by atomic mass is 16.2. The van der Waals surface area contributed by atoms with Crippen LogP contribution in [-0.2, 0) is 11.3 Å². The lowest BCUT2D eigenvalue weighted by Gasteiger charge is -2.22. The first kappa shape index (κ1) is 15.0. The molecule has 1 aliphatic heterocycles. The Labute approximate surface area is 121 Å². The topological polar surface area (TPSA) is 49.6 Å². The average molecular weight is 275 g/mol. The van der Waals surface area contributed by atoms with E-state index in [9.17, 15) is 4.79 Å². The molecule has 1 heterocycles. The maximum Gasteiger partial charge on any atom is 0.239 e. The van der Waals surface area contributed by atoms with E-state index in [1.165, 1.54) is 5.56 Å². The maximum atomic E-state index is 11.9. The van der Waals surface area contributed by atoms with Crippen LogP contribution in [0.2, 0.25) is 0 Å². The van der Waals surface area contributed by atoms with Gasteiger partial charge in [0.25, 0.3) is 0 Å². The largest absolute Gasteiger partial charge is 0.341 e. The molecule has 2 rings (SSSR count). The van der Waals surface area contributed by atoms with Gasteiger partial charge >= 0.3 is 0 Å². The molecule has 1 aromatic carbocycles. The molecule has 0 radical (unpaired) electrons. The van der Waals surface area contributed by atoms with Crippen molar-refractivity contribution in [1.29, 1.82) is 0 Å². The van der Waals surface area contributed by atoms with E-state index in [4.69, 9.17) is 5.73 Å². The van der Waals surface area contributed by atoms with Gasteiger partial charge in [-0.1, -0.05) is 30.3 Å². The van der Waals surface area contributed by atoms with E-state index in [2.05, 4.69) is 36.2 Å². The summed E-state index contributed by atoms with van der Waals surface area (Å²) in [5.41, 5.74) is 6.99. The Morgan fingerprint density at radius 3 is 2.80 bits per heavy atom. The van der Waals surface area contributed by atoms with E-state index in [1.54, 1.807) is 6.92 Å². The van der Waals surface area contributed by atoms with Crippen molar-refractivity contribution in [3.05, 3.63) is 35.9 Å². The van der Waals surface area contributed by atoms with Crippen LogP contribution in [0.3, 0.4) is 0 Å². The van der Waals surface area contributed by atoms with Crippen LogP contribution in [0.4, 0.5) is 0 Å². The van der Waals surface area contributed by atoms with Crippen LogP contribution in [0.25, 0.3) is 0 Å². The standard InChI is InChI=1S/C16H25N3O/c1-13(17)16(20)19-9-8-15(12-19)11-18(2)10-14-6-4-3-5-7-14/h3-7,13,15H,8-12,17H2,1-2H3. The molecule has 0 spiro atoms. The first-order chi connectivity index (χ1) is 9.56. The predicted octanol–water partition coefficient (Wildman–Crippen LogP) is 1.31. The molecular weight excluding hydrogens is 250 g/mol. The number of benzene rings is 1. The molecule has 110 valence electrons. The fraction of sp³-hybridized carbons (Fsp3) is 0.562. The minimum atomic E-state index is -0.379. The zero-order valence-electron chi connectivity index (χ0n) is 12.5. The Bertz CT molecular complexity index is 433. The van der Waals surface area contributed by atoms with Crippen molar-refractivity contribution in [2.75, 3.05) is 26.7 Å². The van der Waals surface area contributed by atoms with Gasteiger partial charge in [0.05, 0.1) is 6.04 Å². The van der Waals surface area contributed by atoms with Crippen LogP contribution >= 0.6 is 0 Å². The summed E-state index contributed by atoms with van der Waals surface area (Å²) in [4.78, 5) is 16.1. The summed E-state index contributed by atoms with van der Waals surface area (Å²) >= 11 is 0. The van der Waals surface area contributed by atoms with Gasteiger partial charge in [0, 0.05) is 26.2 Å². The van der Waals surface area contributed by atoms with E-state index >= 15 is 0 Å². The first-order valence-electron chi connectivity index (χ1n) is 7.33. The normalized spacial score (nSPS) is 20.4. The number of carbonyl (C=O) groups is 1. The fourth-order valence-corrected chi connectivity index (χ4v) is 2.87. The number of hydrogen-bond donors (Lipinski definition) is 1. The molecule has 1 aromatic rings. The van der Waals surface area contributed by atoms with Crippen molar-refractivity contribution in [3.8, 4) is 0 Å². The van der Waals surface area contributed by atoms with Gasteiger partial charge in [-0.25, -0.2) is 0 Å². The fourth-order valence-electron chi connectivity index (χ4n) is 2.87. The SMILES string of the molecule is CC(N)C(=O)N1CCC(CN(C)Cc2ccccc2)C1. The molecule has 1 fully saturated rings. The van der Waals surface area contributed by atoms with Gasteiger partial charge in [-0.15, -0.1) is 0 Å². The highest BCUT2D eigenvalue weighted by molar-refractivity contribution is 5.81. The number of nitrogens with two attached hydrogens (primary N) is 1. The van der Waals surface area contributed by atoms with Gasteiger partial charge in [0.2, 0.25) is 5.91 Å². The molecule has 0 bridgehead atoms. The van der Waals surface area contributed by atoms with Crippen molar-refractivity contribution in [3.63, 3.8) is 0 Å². The molecule has 0 aliphatic carbocycles. The number of carbonyl (C=O) groups excluding carboxylic acids is 1. The number of nitrogens with zero attached hydrogens (tertiary/aromatic N) is 2. The zero-order valence-corrected chi connectivity index (χ0v) is 12.5. The molecule has 1 amide bonds. The highest BCUT2D eigenvalue weighted by Crippen LogP contribution is 2.18. The Kier molecular flexibility index (Phi) is 5.15. The number of likely N-dealkylation sites (tertiary alicyclic amines) is 1. The van der Waals surface area contributed by atoms with Gasteiger partial charge in [-0.2, -0.15) is 0 Å². The van der Waals surface area contributed by atoms with Gasteiger partial charge in [-0.3, -0.25) is 4.79 Å². The molecule has 2 unspecified atom stereocenters. The predicted molar refractivity (Wildman–Crippen MR) is 81.1 cm³/mol. The molecule has 0 saturated carbocycles. The van der Waals surface area contributed by atoms with Crippen LogP contribution in [-0.4, -0.2) is 48.4 Å². The second-order valence-electron chi connectivity index (χ2n) is 5.91. The van der Waals surface area contributed by atoms with Crippen molar-refractivity contribution in [2.45, 2.75) is 25.9 Å². The van der Waals surface area contributed by atoms with Crippen molar-refractivity contribution < 1.29 is 4.79 Å². The summed E-state index contributed by atoms with van der Waals surface area (Å²) < 4.78 is 0. The number of hydrogen-bond acceptors (Lipinski definition) is 3. The molecule has 2 atom stereocenters. The molecule has 1 aliphatic rings. The van der Waals surface area contributed by atoms with Crippen molar-refractivity contribution >= 4 is 5.91 Å². The van der Waals surface area contributed by atoms with Gasteiger partial charge in [0.15, 0.2) is 0 Å². The Morgan fingerprint density at radius 2 is 2.15 bits per heavy atom. The Hall–Kier alpha value is -1.39. The van der Waals surface area contributed by atoms with E-state index in [1.807, 2.05) is 11.0 Å².